The number of hydrogen-bond acceptors (Lipinski definition) is 2. The van der Waals surface area contributed by atoms with Crippen molar-refractivity contribution in [3.8, 4) is 6.07 Å². The van der Waals surface area contributed by atoms with Crippen LogP contribution in [0.25, 0.3) is 0 Å². The summed E-state index contributed by atoms with van der Waals surface area (Å²) in [7, 11) is 0. The van der Waals surface area contributed by atoms with E-state index >= 15 is 0 Å². The fourth-order valence-corrected chi connectivity index (χ4v) is 1.76. The van der Waals surface area contributed by atoms with E-state index in [0.717, 1.165) is 17.5 Å². The van der Waals surface area contributed by atoms with Crippen molar-refractivity contribution in [1.29, 1.82) is 5.26 Å². The van der Waals surface area contributed by atoms with Gasteiger partial charge in [-0.25, -0.2) is 0 Å². The zero-order valence-corrected chi connectivity index (χ0v) is 10.4. The molecule has 0 aromatic heterocycles. The van der Waals surface area contributed by atoms with Crippen LogP contribution < -0.4 is 0 Å². The van der Waals surface area contributed by atoms with Crippen molar-refractivity contribution in [2.75, 3.05) is 13.1 Å². The Balaban J connectivity index is 2.66. The Hall–Kier alpha value is -1.82. The van der Waals surface area contributed by atoms with Crippen LogP contribution >= 0.6 is 0 Å². The third-order valence-electron chi connectivity index (χ3n) is 2.55. The van der Waals surface area contributed by atoms with Gasteiger partial charge >= 0.3 is 0 Å². The Morgan fingerprint density at radius 1 is 1.47 bits per heavy atom. The van der Waals surface area contributed by atoms with Crippen LogP contribution in [0.15, 0.2) is 24.3 Å². The van der Waals surface area contributed by atoms with Crippen molar-refractivity contribution in [2.24, 2.45) is 0 Å². The Bertz CT molecular complexity index is 420. The number of benzene rings is 1. The van der Waals surface area contributed by atoms with Crippen LogP contribution in [0, 0.1) is 18.3 Å². The molecule has 0 N–H and O–H groups in total. The first-order valence-corrected chi connectivity index (χ1v) is 5.87. The molecule has 17 heavy (non-hydrogen) atoms. The third kappa shape index (κ3) is 4.28. The van der Waals surface area contributed by atoms with Crippen LogP contribution in [0.1, 0.15) is 24.5 Å². The maximum atomic E-state index is 12.0. The summed E-state index contributed by atoms with van der Waals surface area (Å²) in [6, 6.07) is 9.95. The minimum absolute atomic E-state index is 0.0269. The van der Waals surface area contributed by atoms with Gasteiger partial charge in [0.1, 0.15) is 6.54 Å². The van der Waals surface area contributed by atoms with Crippen molar-refractivity contribution >= 4 is 5.91 Å². The lowest BCUT2D eigenvalue weighted by Crippen LogP contribution is -2.33. The van der Waals surface area contributed by atoms with Gasteiger partial charge in [0.05, 0.1) is 12.5 Å². The zero-order chi connectivity index (χ0) is 12.7. The van der Waals surface area contributed by atoms with E-state index < -0.39 is 0 Å². The first-order chi connectivity index (χ1) is 8.17. The molecule has 0 heterocycles. The van der Waals surface area contributed by atoms with Gasteiger partial charge in [0.15, 0.2) is 0 Å². The second kappa shape index (κ2) is 6.70. The van der Waals surface area contributed by atoms with E-state index in [-0.39, 0.29) is 12.5 Å². The molecule has 0 saturated carbocycles. The number of carbonyl (C=O) groups excluding carboxylic acids is 1. The summed E-state index contributed by atoms with van der Waals surface area (Å²) in [6.07, 6.45) is 1.25. The number of aryl methyl sites for hydroxylation is 1. The van der Waals surface area contributed by atoms with Crippen molar-refractivity contribution in [2.45, 2.75) is 26.7 Å². The molecule has 3 nitrogen and oxygen atoms in total. The average molecular weight is 230 g/mol. The highest BCUT2D eigenvalue weighted by atomic mass is 16.2. The van der Waals surface area contributed by atoms with E-state index in [9.17, 15) is 4.79 Å². The molecular weight excluding hydrogens is 212 g/mol. The monoisotopic (exact) mass is 230 g/mol. The van der Waals surface area contributed by atoms with E-state index in [1.54, 1.807) is 4.90 Å². The summed E-state index contributed by atoms with van der Waals surface area (Å²) in [5.74, 6) is 0.0269. The number of carbonyl (C=O) groups is 1. The molecule has 0 aliphatic carbocycles. The Labute approximate surface area is 103 Å². The van der Waals surface area contributed by atoms with Gasteiger partial charge in [-0.05, 0) is 18.9 Å². The van der Waals surface area contributed by atoms with E-state index in [2.05, 4.69) is 0 Å². The van der Waals surface area contributed by atoms with Gasteiger partial charge in [-0.15, -0.1) is 0 Å². The summed E-state index contributed by atoms with van der Waals surface area (Å²) in [5.41, 5.74) is 2.16. The smallest absolute Gasteiger partial charge is 0.227 e. The van der Waals surface area contributed by atoms with E-state index in [1.165, 1.54) is 0 Å². The molecule has 0 bridgehead atoms. The van der Waals surface area contributed by atoms with Crippen LogP contribution in [0.2, 0.25) is 0 Å². The van der Waals surface area contributed by atoms with Crippen LogP contribution in [-0.4, -0.2) is 23.9 Å². The van der Waals surface area contributed by atoms with Crippen LogP contribution in [0.5, 0.6) is 0 Å². The number of amides is 1. The molecule has 0 unspecified atom stereocenters. The van der Waals surface area contributed by atoms with Gasteiger partial charge in [0.25, 0.3) is 0 Å². The highest BCUT2D eigenvalue weighted by Gasteiger charge is 2.12. The fraction of sp³-hybridized carbons (Fsp3) is 0.429. The number of nitriles is 1. The van der Waals surface area contributed by atoms with Crippen molar-refractivity contribution < 1.29 is 4.79 Å². The van der Waals surface area contributed by atoms with Crippen molar-refractivity contribution in [3.63, 3.8) is 0 Å². The lowest BCUT2D eigenvalue weighted by Gasteiger charge is -2.18. The first kappa shape index (κ1) is 13.2. The van der Waals surface area contributed by atoms with Gasteiger partial charge < -0.3 is 4.90 Å². The van der Waals surface area contributed by atoms with Gasteiger partial charge in [0.2, 0.25) is 5.91 Å². The first-order valence-electron chi connectivity index (χ1n) is 5.87. The average Bonchev–Trinajstić information content (AvgIpc) is 2.28. The molecule has 1 rings (SSSR count). The summed E-state index contributed by atoms with van der Waals surface area (Å²) in [4.78, 5) is 13.6. The molecule has 90 valence electrons. The van der Waals surface area contributed by atoms with Crippen LogP contribution in [0.4, 0.5) is 0 Å². The molecule has 0 aliphatic rings. The third-order valence-corrected chi connectivity index (χ3v) is 2.55. The SMILES string of the molecule is CCCN(CC#N)C(=O)Cc1cccc(C)c1. The minimum Gasteiger partial charge on any atom is -0.329 e. The fourth-order valence-electron chi connectivity index (χ4n) is 1.76. The summed E-state index contributed by atoms with van der Waals surface area (Å²) >= 11 is 0. The molecule has 1 aromatic rings. The predicted octanol–water partition coefficient (Wildman–Crippen LogP) is 2.30. The van der Waals surface area contributed by atoms with E-state index in [4.69, 9.17) is 5.26 Å². The Kier molecular flexibility index (Phi) is 5.22. The van der Waals surface area contributed by atoms with Crippen molar-refractivity contribution in [3.05, 3.63) is 35.4 Å². The minimum atomic E-state index is 0.0269. The Morgan fingerprint density at radius 3 is 2.82 bits per heavy atom. The maximum absolute atomic E-state index is 12.0. The second-order valence-electron chi connectivity index (χ2n) is 4.14. The molecule has 1 amide bonds. The normalized spacial score (nSPS) is 9.71. The highest BCUT2D eigenvalue weighted by molar-refractivity contribution is 5.79. The molecule has 0 saturated heterocycles. The lowest BCUT2D eigenvalue weighted by atomic mass is 10.1. The summed E-state index contributed by atoms with van der Waals surface area (Å²) < 4.78 is 0. The van der Waals surface area contributed by atoms with E-state index in [1.807, 2.05) is 44.2 Å². The summed E-state index contributed by atoms with van der Waals surface area (Å²) in [6.45, 7) is 4.84. The van der Waals surface area contributed by atoms with Gasteiger partial charge in [-0.1, -0.05) is 36.8 Å². The zero-order valence-electron chi connectivity index (χ0n) is 10.4. The topological polar surface area (TPSA) is 44.1 Å². The molecule has 1 aromatic carbocycles. The summed E-state index contributed by atoms with van der Waals surface area (Å²) in [5, 5.41) is 8.68. The molecule has 0 radical (unpaired) electrons. The molecule has 0 fully saturated rings. The maximum Gasteiger partial charge on any atom is 0.227 e. The second-order valence-corrected chi connectivity index (χ2v) is 4.14. The molecule has 3 heteroatoms. The molecule has 0 aliphatic heterocycles. The largest absolute Gasteiger partial charge is 0.329 e. The lowest BCUT2D eigenvalue weighted by molar-refractivity contribution is -0.129. The highest BCUT2D eigenvalue weighted by Crippen LogP contribution is 2.07. The van der Waals surface area contributed by atoms with Crippen LogP contribution in [-0.2, 0) is 11.2 Å². The molecule has 0 spiro atoms. The van der Waals surface area contributed by atoms with Gasteiger partial charge in [-0.3, -0.25) is 4.79 Å². The van der Waals surface area contributed by atoms with Gasteiger partial charge in [-0.2, -0.15) is 5.26 Å². The predicted molar refractivity (Wildman–Crippen MR) is 67.4 cm³/mol. The van der Waals surface area contributed by atoms with E-state index in [0.29, 0.717) is 13.0 Å². The molecular formula is C14H18N2O. The van der Waals surface area contributed by atoms with Crippen LogP contribution in [0.3, 0.4) is 0 Å². The standard InChI is InChI=1S/C14H18N2O/c1-3-8-16(9-7-15)14(17)11-13-6-4-5-12(2)10-13/h4-6,10H,3,8-9,11H2,1-2H3. The van der Waals surface area contributed by atoms with Crippen molar-refractivity contribution in [1.82, 2.24) is 4.90 Å². The quantitative estimate of drug-likeness (QED) is 0.728. The number of hydrogen-bond donors (Lipinski definition) is 0. The molecule has 0 atom stereocenters. The Morgan fingerprint density at radius 2 is 2.24 bits per heavy atom. The number of rotatable bonds is 5. The van der Waals surface area contributed by atoms with Gasteiger partial charge in [0, 0.05) is 6.54 Å². The number of nitrogens with zero attached hydrogens (tertiary/aromatic N) is 2.